The Morgan fingerprint density at radius 1 is 1.16 bits per heavy atom. The first-order valence-corrected chi connectivity index (χ1v) is 8.93. The Morgan fingerprint density at radius 3 is 2.56 bits per heavy atom. The van der Waals surface area contributed by atoms with Gasteiger partial charge in [-0.15, -0.1) is 0 Å². The van der Waals surface area contributed by atoms with Gasteiger partial charge in [0.25, 0.3) is 5.91 Å². The second kappa shape index (κ2) is 7.63. The second-order valence-corrected chi connectivity index (χ2v) is 7.21. The van der Waals surface area contributed by atoms with Crippen molar-refractivity contribution in [2.45, 2.75) is 6.92 Å². The highest BCUT2D eigenvalue weighted by atomic mass is 32.2. The number of nitrogens with one attached hydrogen (secondary N) is 1. The second-order valence-electron chi connectivity index (χ2n) is 5.54. The molecule has 0 aromatic heterocycles. The van der Waals surface area contributed by atoms with Gasteiger partial charge >= 0.3 is 0 Å². The van der Waals surface area contributed by atoms with Gasteiger partial charge in [0.1, 0.15) is 10.9 Å². The van der Waals surface area contributed by atoms with Crippen LogP contribution >= 0.6 is 24.0 Å². The zero-order valence-corrected chi connectivity index (χ0v) is 15.2. The van der Waals surface area contributed by atoms with Crippen LogP contribution in [0.25, 0.3) is 6.08 Å². The van der Waals surface area contributed by atoms with Gasteiger partial charge in [0.2, 0.25) is 5.91 Å². The predicted octanol–water partition coefficient (Wildman–Crippen LogP) is 3.83. The molecule has 2 aromatic rings. The topological polar surface area (TPSA) is 49.4 Å². The van der Waals surface area contributed by atoms with Gasteiger partial charge < -0.3 is 5.32 Å². The predicted molar refractivity (Wildman–Crippen MR) is 106 cm³/mol. The summed E-state index contributed by atoms with van der Waals surface area (Å²) in [7, 11) is 0. The van der Waals surface area contributed by atoms with Gasteiger partial charge in [0.05, 0.1) is 4.91 Å². The lowest BCUT2D eigenvalue weighted by atomic mass is 10.1. The Morgan fingerprint density at radius 2 is 1.84 bits per heavy atom. The monoisotopic (exact) mass is 368 g/mol. The zero-order valence-electron chi connectivity index (χ0n) is 13.6. The highest BCUT2D eigenvalue weighted by Gasteiger charge is 2.33. The molecule has 0 radical (unpaired) electrons. The smallest absolute Gasteiger partial charge is 0.266 e. The molecule has 1 saturated heterocycles. The molecule has 0 atom stereocenters. The molecule has 2 aromatic carbocycles. The number of nitrogens with zero attached hydrogens (tertiary/aromatic N) is 1. The van der Waals surface area contributed by atoms with Crippen molar-refractivity contribution in [2.24, 2.45) is 0 Å². The summed E-state index contributed by atoms with van der Waals surface area (Å²) in [5.41, 5.74) is 2.74. The summed E-state index contributed by atoms with van der Waals surface area (Å²) < 4.78 is 0.396. The van der Waals surface area contributed by atoms with Crippen molar-refractivity contribution in [3.8, 4) is 0 Å². The van der Waals surface area contributed by atoms with E-state index in [4.69, 9.17) is 12.2 Å². The summed E-state index contributed by atoms with van der Waals surface area (Å²) in [6.07, 6.45) is 1.82. The van der Waals surface area contributed by atoms with E-state index in [9.17, 15) is 9.59 Å². The maximum Gasteiger partial charge on any atom is 0.266 e. The molecule has 0 saturated carbocycles. The summed E-state index contributed by atoms with van der Waals surface area (Å²) in [5.74, 6) is -0.513. The summed E-state index contributed by atoms with van der Waals surface area (Å²) >= 11 is 6.50. The van der Waals surface area contributed by atoms with E-state index in [0.29, 0.717) is 14.9 Å². The number of hydrogen-bond acceptors (Lipinski definition) is 4. The van der Waals surface area contributed by atoms with Gasteiger partial charge in [0, 0.05) is 5.69 Å². The molecular weight excluding hydrogens is 352 g/mol. The van der Waals surface area contributed by atoms with Crippen LogP contribution in [-0.4, -0.2) is 27.6 Å². The van der Waals surface area contributed by atoms with Crippen LogP contribution in [0.4, 0.5) is 5.69 Å². The standard InChI is InChI=1S/C19H16N2O2S2/c1-13-7-5-6-8-14(13)11-16-18(23)21(19(24)25-16)12-17(22)20-15-9-3-2-4-10-15/h2-11H,12H2,1H3,(H,20,22)/b16-11-. The highest BCUT2D eigenvalue weighted by Crippen LogP contribution is 2.32. The van der Waals surface area contributed by atoms with Crippen LogP contribution in [-0.2, 0) is 9.59 Å². The van der Waals surface area contributed by atoms with Crippen molar-refractivity contribution >= 4 is 51.9 Å². The average molecular weight is 368 g/mol. The molecule has 3 rings (SSSR count). The van der Waals surface area contributed by atoms with E-state index in [1.807, 2.05) is 55.5 Å². The Kier molecular flexibility index (Phi) is 5.31. The number of hydrogen-bond donors (Lipinski definition) is 1. The van der Waals surface area contributed by atoms with E-state index in [1.165, 1.54) is 16.7 Å². The molecule has 2 amide bonds. The summed E-state index contributed by atoms with van der Waals surface area (Å²) in [6.45, 7) is 1.89. The van der Waals surface area contributed by atoms with Gasteiger partial charge in [-0.05, 0) is 36.3 Å². The maximum atomic E-state index is 12.6. The van der Waals surface area contributed by atoms with Gasteiger partial charge in [-0.3, -0.25) is 14.5 Å². The van der Waals surface area contributed by atoms with E-state index in [0.717, 1.165) is 11.1 Å². The van der Waals surface area contributed by atoms with Crippen LogP contribution in [0.15, 0.2) is 59.5 Å². The van der Waals surface area contributed by atoms with E-state index in [-0.39, 0.29) is 18.4 Å². The summed E-state index contributed by atoms with van der Waals surface area (Å²) in [6, 6.07) is 16.9. The quantitative estimate of drug-likeness (QED) is 0.658. The molecule has 0 spiro atoms. The van der Waals surface area contributed by atoms with Crippen LogP contribution < -0.4 is 5.32 Å². The van der Waals surface area contributed by atoms with Crippen LogP contribution in [0.3, 0.4) is 0 Å². The van der Waals surface area contributed by atoms with Crippen LogP contribution in [0, 0.1) is 6.92 Å². The molecule has 0 bridgehead atoms. The number of rotatable bonds is 4. The normalized spacial score (nSPS) is 15.7. The van der Waals surface area contributed by atoms with Crippen molar-refractivity contribution < 1.29 is 9.59 Å². The highest BCUT2D eigenvalue weighted by molar-refractivity contribution is 8.26. The SMILES string of the molecule is Cc1ccccc1/C=C1\SC(=S)N(CC(=O)Nc2ccccc2)C1=O. The Balaban J connectivity index is 1.71. The molecule has 126 valence electrons. The van der Waals surface area contributed by atoms with E-state index in [2.05, 4.69) is 5.32 Å². The van der Waals surface area contributed by atoms with E-state index < -0.39 is 0 Å². The van der Waals surface area contributed by atoms with Crippen molar-refractivity contribution in [1.29, 1.82) is 0 Å². The molecule has 6 heteroatoms. The summed E-state index contributed by atoms with van der Waals surface area (Å²) in [4.78, 5) is 26.6. The number of carbonyl (C=O) groups is 2. The third kappa shape index (κ3) is 4.15. The minimum absolute atomic E-state index is 0.0926. The van der Waals surface area contributed by atoms with E-state index in [1.54, 1.807) is 12.1 Å². The molecule has 0 unspecified atom stereocenters. The van der Waals surface area contributed by atoms with Crippen LogP contribution in [0.1, 0.15) is 11.1 Å². The number of benzene rings is 2. The minimum atomic E-state index is -0.278. The summed E-state index contributed by atoms with van der Waals surface area (Å²) in [5, 5.41) is 2.76. The number of anilines is 1. The number of para-hydroxylation sites is 1. The molecule has 1 fully saturated rings. The van der Waals surface area contributed by atoms with Gasteiger partial charge in [-0.1, -0.05) is 66.4 Å². The van der Waals surface area contributed by atoms with Crippen molar-refractivity contribution in [3.63, 3.8) is 0 Å². The molecular formula is C19H16N2O2S2. The third-order valence-electron chi connectivity index (χ3n) is 3.71. The minimum Gasteiger partial charge on any atom is -0.325 e. The largest absolute Gasteiger partial charge is 0.325 e. The molecule has 1 heterocycles. The Labute approximate surface area is 155 Å². The molecule has 0 aliphatic carbocycles. The van der Waals surface area contributed by atoms with Crippen LogP contribution in [0.2, 0.25) is 0 Å². The molecule has 1 N–H and O–H groups in total. The Hall–Kier alpha value is -2.44. The number of thiocarbonyl (C=S) groups is 1. The Bertz CT molecular complexity index is 863. The van der Waals surface area contributed by atoms with Gasteiger partial charge in [-0.2, -0.15) is 0 Å². The number of thioether (sulfide) groups is 1. The maximum absolute atomic E-state index is 12.6. The number of amides is 2. The lowest BCUT2D eigenvalue weighted by Gasteiger charge is -2.14. The zero-order chi connectivity index (χ0) is 17.8. The fourth-order valence-corrected chi connectivity index (χ4v) is 3.64. The average Bonchev–Trinajstić information content (AvgIpc) is 2.85. The number of aryl methyl sites for hydroxylation is 1. The van der Waals surface area contributed by atoms with E-state index >= 15 is 0 Å². The van der Waals surface area contributed by atoms with Gasteiger partial charge in [0.15, 0.2) is 0 Å². The lowest BCUT2D eigenvalue weighted by Crippen LogP contribution is -2.36. The molecule has 1 aliphatic rings. The first-order chi connectivity index (χ1) is 12.0. The molecule has 4 nitrogen and oxygen atoms in total. The fraction of sp³-hybridized carbons (Fsp3) is 0.105. The first kappa shape index (κ1) is 17.4. The van der Waals surface area contributed by atoms with Crippen molar-refractivity contribution in [3.05, 3.63) is 70.6 Å². The third-order valence-corrected chi connectivity index (χ3v) is 5.09. The van der Waals surface area contributed by atoms with Crippen LogP contribution in [0.5, 0.6) is 0 Å². The lowest BCUT2D eigenvalue weighted by molar-refractivity contribution is -0.126. The van der Waals surface area contributed by atoms with Crippen molar-refractivity contribution in [2.75, 3.05) is 11.9 Å². The molecule has 25 heavy (non-hydrogen) atoms. The van der Waals surface area contributed by atoms with Gasteiger partial charge in [-0.25, -0.2) is 0 Å². The molecule has 1 aliphatic heterocycles. The van der Waals surface area contributed by atoms with Crippen molar-refractivity contribution in [1.82, 2.24) is 4.90 Å². The fourth-order valence-electron chi connectivity index (χ4n) is 2.39. The first-order valence-electron chi connectivity index (χ1n) is 7.70. The number of carbonyl (C=O) groups excluding carboxylic acids is 2.